The summed E-state index contributed by atoms with van der Waals surface area (Å²) in [6, 6.07) is 24.6. The van der Waals surface area contributed by atoms with Crippen LogP contribution in [0.1, 0.15) is 69.7 Å². The largest absolute Gasteiger partial charge is 0.325 e. The summed E-state index contributed by atoms with van der Waals surface area (Å²) >= 11 is 0. The Morgan fingerprint density at radius 1 is 0.571 bits per heavy atom. The first kappa shape index (κ1) is 28.9. The molecule has 0 heterocycles. The Kier molecular flexibility index (Phi) is 11.8. The molecular weight excluding hydrogens is 421 g/mol. The minimum atomic E-state index is 0.297. The smallest absolute Gasteiger partial charge is 0.242 e. The molecule has 0 unspecified atom stereocenters. The first-order valence-corrected chi connectivity index (χ1v) is 13.9. The van der Waals surface area contributed by atoms with Crippen molar-refractivity contribution < 1.29 is 4.48 Å². The third-order valence-electron chi connectivity index (χ3n) is 8.18. The predicted molar refractivity (Wildman–Crippen MR) is 159 cm³/mol. The van der Waals surface area contributed by atoms with Crippen LogP contribution in [0.3, 0.4) is 0 Å². The second kappa shape index (κ2) is 14.3. The van der Waals surface area contributed by atoms with Crippen molar-refractivity contribution in [1.29, 1.82) is 0 Å². The maximum Gasteiger partial charge on any atom is 0.242 e. The lowest BCUT2D eigenvalue weighted by Gasteiger charge is -2.34. The van der Waals surface area contributed by atoms with E-state index in [9.17, 15) is 0 Å². The number of nitrogens with zero attached hydrogens (tertiary/aromatic N) is 1. The van der Waals surface area contributed by atoms with Gasteiger partial charge in [0.1, 0.15) is 0 Å². The quantitative estimate of drug-likeness (QED) is 0.239. The molecular formula is C33H49BN+. The second-order valence-electron chi connectivity index (χ2n) is 10.0. The lowest BCUT2D eigenvalue weighted by molar-refractivity contribution is -0.921. The fraction of sp³-hybridized carbons (Fsp3) is 0.455. The van der Waals surface area contributed by atoms with E-state index in [0.717, 1.165) is 6.42 Å². The van der Waals surface area contributed by atoms with Gasteiger partial charge in [-0.15, -0.1) is 0 Å². The molecule has 0 spiro atoms. The van der Waals surface area contributed by atoms with Gasteiger partial charge >= 0.3 is 0 Å². The van der Waals surface area contributed by atoms with E-state index in [-0.39, 0.29) is 0 Å². The van der Waals surface area contributed by atoms with Gasteiger partial charge < -0.3 is 4.48 Å². The van der Waals surface area contributed by atoms with Gasteiger partial charge in [-0.05, 0) is 61.3 Å². The maximum absolute atomic E-state index is 2.33. The van der Waals surface area contributed by atoms with E-state index in [1.165, 1.54) is 82.1 Å². The zero-order chi connectivity index (χ0) is 25.8. The van der Waals surface area contributed by atoms with E-state index in [1.807, 2.05) is 0 Å². The van der Waals surface area contributed by atoms with E-state index >= 15 is 0 Å². The minimum absolute atomic E-state index is 0.297. The van der Waals surface area contributed by atoms with Gasteiger partial charge in [-0.25, -0.2) is 0 Å². The summed E-state index contributed by atoms with van der Waals surface area (Å²) in [5, 5.41) is 0. The van der Waals surface area contributed by atoms with Crippen molar-refractivity contribution in [2.75, 3.05) is 26.2 Å². The van der Waals surface area contributed by atoms with Gasteiger partial charge in [-0.2, -0.15) is 0 Å². The number of aryl methyl sites for hydroxylation is 4. The van der Waals surface area contributed by atoms with Gasteiger partial charge in [-0.1, -0.05) is 119 Å². The molecule has 0 saturated carbocycles. The first-order valence-electron chi connectivity index (χ1n) is 13.9. The van der Waals surface area contributed by atoms with Crippen LogP contribution in [0.15, 0.2) is 66.7 Å². The molecule has 0 saturated heterocycles. The topological polar surface area (TPSA) is 0 Å². The Balaban J connectivity index is 0.000000410. The van der Waals surface area contributed by atoms with Gasteiger partial charge in [-0.3, -0.25) is 0 Å². The van der Waals surface area contributed by atoms with Crippen molar-refractivity contribution in [3.05, 3.63) is 89.0 Å². The molecule has 0 amide bonds. The van der Waals surface area contributed by atoms with Crippen LogP contribution >= 0.6 is 0 Å². The molecule has 3 rings (SSSR count). The molecule has 0 atom stereocenters. The van der Waals surface area contributed by atoms with Gasteiger partial charge in [0.05, 0.1) is 26.2 Å². The van der Waals surface area contributed by atoms with Crippen LogP contribution in [0, 0.1) is 20.8 Å². The number of hydrogen-bond donors (Lipinski definition) is 0. The van der Waals surface area contributed by atoms with Crippen LogP contribution in [-0.2, 0) is 6.42 Å². The van der Waals surface area contributed by atoms with Crippen molar-refractivity contribution in [3.63, 3.8) is 0 Å². The lowest BCUT2D eigenvalue weighted by Crippen LogP contribution is -2.55. The van der Waals surface area contributed by atoms with Crippen LogP contribution in [0.4, 0.5) is 0 Å². The van der Waals surface area contributed by atoms with E-state index < -0.39 is 0 Å². The molecule has 0 aliphatic carbocycles. The molecule has 0 fully saturated rings. The second-order valence-corrected chi connectivity index (χ2v) is 10.0. The van der Waals surface area contributed by atoms with E-state index in [0.29, 0.717) is 6.71 Å². The molecule has 0 bridgehead atoms. The Morgan fingerprint density at radius 3 is 1.43 bits per heavy atom. The van der Waals surface area contributed by atoms with Gasteiger partial charge in [0.2, 0.25) is 6.71 Å². The summed E-state index contributed by atoms with van der Waals surface area (Å²) in [4.78, 5) is 0. The highest BCUT2D eigenvalue weighted by Crippen LogP contribution is 2.11. The molecule has 3 aromatic carbocycles. The van der Waals surface area contributed by atoms with Gasteiger partial charge in [0.25, 0.3) is 0 Å². The Hall–Kier alpha value is -2.32. The standard InChI is InChI=1S/C25H29B.C8H20N/c1-5-6-15-22-16-11-14-21(4)25(22)26(23-17-9-7-12-19(23)2)24-18-10-8-13-20(24)3;1-5-9(6-2,7-3)8-4/h7-14,16-18H,5-6,15H2,1-4H3;5-8H2,1-4H3/q;+1. The summed E-state index contributed by atoms with van der Waals surface area (Å²) in [6.07, 6.45) is 3.62. The van der Waals surface area contributed by atoms with Crippen LogP contribution in [0.5, 0.6) is 0 Å². The van der Waals surface area contributed by atoms with Crippen LogP contribution < -0.4 is 16.4 Å². The number of unbranched alkanes of at least 4 members (excludes halogenated alkanes) is 1. The molecule has 0 N–H and O–H groups in total. The zero-order valence-corrected chi connectivity index (χ0v) is 23.8. The van der Waals surface area contributed by atoms with Crippen molar-refractivity contribution in [2.24, 2.45) is 0 Å². The summed E-state index contributed by atoms with van der Waals surface area (Å²) in [5.74, 6) is 0. The number of rotatable bonds is 10. The highest BCUT2D eigenvalue weighted by atomic mass is 15.3. The Labute approximate surface area is 217 Å². The van der Waals surface area contributed by atoms with E-state index in [2.05, 4.69) is 122 Å². The third-order valence-corrected chi connectivity index (χ3v) is 8.18. The average molecular weight is 471 g/mol. The molecule has 3 aromatic rings. The van der Waals surface area contributed by atoms with Gasteiger partial charge in [0.15, 0.2) is 0 Å². The van der Waals surface area contributed by atoms with E-state index in [1.54, 1.807) is 0 Å². The van der Waals surface area contributed by atoms with E-state index in [4.69, 9.17) is 0 Å². The highest BCUT2D eigenvalue weighted by Gasteiger charge is 2.27. The molecule has 1 nitrogen and oxygen atoms in total. The van der Waals surface area contributed by atoms with Crippen LogP contribution in [0.25, 0.3) is 0 Å². The lowest BCUT2D eigenvalue weighted by atomic mass is 9.34. The summed E-state index contributed by atoms with van der Waals surface area (Å²) in [7, 11) is 0. The summed E-state index contributed by atoms with van der Waals surface area (Å²) < 4.78 is 1.28. The fourth-order valence-electron chi connectivity index (χ4n) is 5.38. The van der Waals surface area contributed by atoms with Crippen molar-refractivity contribution in [3.8, 4) is 0 Å². The van der Waals surface area contributed by atoms with Crippen molar-refractivity contribution in [2.45, 2.75) is 74.7 Å². The molecule has 0 aliphatic rings. The van der Waals surface area contributed by atoms with Crippen molar-refractivity contribution in [1.82, 2.24) is 0 Å². The average Bonchev–Trinajstić information content (AvgIpc) is 2.88. The van der Waals surface area contributed by atoms with Gasteiger partial charge in [0, 0.05) is 0 Å². The van der Waals surface area contributed by atoms with Crippen LogP contribution in [-0.4, -0.2) is 37.4 Å². The summed E-state index contributed by atoms with van der Waals surface area (Å²) in [5.41, 5.74) is 9.99. The Bertz CT molecular complexity index is 972. The molecule has 0 aromatic heterocycles. The first-order chi connectivity index (χ1) is 16.9. The van der Waals surface area contributed by atoms with Crippen molar-refractivity contribution >= 4 is 23.1 Å². The number of benzene rings is 3. The number of quaternary nitrogens is 1. The molecule has 0 aliphatic heterocycles. The molecule has 0 radical (unpaired) electrons. The maximum atomic E-state index is 2.33. The normalized spacial score (nSPS) is 11.1. The predicted octanol–water partition coefficient (Wildman–Crippen LogP) is 6.35. The molecule has 188 valence electrons. The minimum Gasteiger partial charge on any atom is -0.325 e. The SMILES string of the molecule is CCCCc1cccc(C)c1B(c1ccccc1C)c1ccccc1C.CC[N+](CC)(CC)CC. The highest BCUT2D eigenvalue weighted by molar-refractivity contribution is 6.96. The zero-order valence-electron chi connectivity index (χ0n) is 23.8. The molecule has 2 heteroatoms. The monoisotopic (exact) mass is 470 g/mol. The summed E-state index contributed by atoms with van der Waals surface area (Å²) in [6.45, 7) is 23.5. The fourth-order valence-corrected chi connectivity index (χ4v) is 5.38. The van der Waals surface area contributed by atoms with Crippen LogP contribution in [0.2, 0.25) is 0 Å². The third kappa shape index (κ3) is 7.34. The Morgan fingerprint density at radius 2 is 1.03 bits per heavy atom. The molecule has 35 heavy (non-hydrogen) atoms. The number of hydrogen-bond acceptors (Lipinski definition) is 0.